The molecule has 3 N–H and O–H groups in total. The van der Waals surface area contributed by atoms with Gasteiger partial charge >= 0.3 is 0 Å². The highest BCUT2D eigenvalue weighted by Crippen LogP contribution is 2.19. The quantitative estimate of drug-likeness (QED) is 0.642. The highest BCUT2D eigenvalue weighted by Gasteiger charge is 2.05. The fraction of sp³-hybridized carbons (Fsp3) is 0.111. The molecule has 0 aliphatic rings. The number of rotatable bonds is 6. The van der Waals surface area contributed by atoms with Gasteiger partial charge in [-0.3, -0.25) is 19.8 Å². The molecule has 0 aliphatic heterocycles. The first-order valence-corrected chi connectivity index (χ1v) is 7.59. The van der Waals surface area contributed by atoms with Crippen molar-refractivity contribution in [1.29, 1.82) is 0 Å². The standard InChI is InChI=1S/C18H17N3O4/c1-24-14-6-8-15(9-7-14)25-11-18(23)19-13-4-2-12(3-5-13)16-10-17(22)21-20-16/h2-10H,11H2,1H3,(H,19,23)(H2,20,21,22). The van der Waals surface area contributed by atoms with E-state index in [-0.39, 0.29) is 18.1 Å². The molecule has 0 atom stereocenters. The summed E-state index contributed by atoms with van der Waals surface area (Å²) in [4.78, 5) is 23.1. The average molecular weight is 339 g/mol. The van der Waals surface area contributed by atoms with Gasteiger partial charge in [-0.25, -0.2) is 0 Å². The van der Waals surface area contributed by atoms with Gasteiger partial charge in [0, 0.05) is 11.8 Å². The van der Waals surface area contributed by atoms with Gasteiger partial charge in [0.15, 0.2) is 6.61 Å². The summed E-state index contributed by atoms with van der Waals surface area (Å²) >= 11 is 0. The SMILES string of the molecule is COc1ccc(OCC(=O)Nc2ccc(-c3cc(=O)[nH][nH]3)cc2)cc1. The van der Waals surface area contributed by atoms with Crippen molar-refractivity contribution < 1.29 is 14.3 Å². The summed E-state index contributed by atoms with van der Waals surface area (Å²) in [5.74, 6) is 1.04. The molecule has 0 unspecified atom stereocenters. The van der Waals surface area contributed by atoms with Gasteiger partial charge in [0.2, 0.25) is 0 Å². The Labute approximate surface area is 143 Å². The molecule has 3 rings (SSSR count). The maximum absolute atomic E-state index is 12.0. The molecule has 7 heteroatoms. The van der Waals surface area contributed by atoms with Crippen LogP contribution in [0.3, 0.4) is 0 Å². The number of carbonyl (C=O) groups is 1. The molecule has 0 radical (unpaired) electrons. The largest absolute Gasteiger partial charge is 0.497 e. The molecule has 7 nitrogen and oxygen atoms in total. The Morgan fingerprint density at radius 3 is 2.28 bits per heavy atom. The molecule has 0 bridgehead atoms. The maximum Gasteiger partial charge on any atom is 0.264 e. The molecule has 128 valence electrons. The van der Waals surface area contributed by atoms with Crippen LogP contribution in [0.25, 0.3) is 11.3 Å². The molecule has 0 aliphatic carbocycles. The fourth-order valence-electron chi connectivity index (χ4n) is 2.24. The number of amides is 1. The number of hydrogen-bond acceptors (Lipinski definition) is 4. The summed E-state index contributed by atoms with van der Waals surface area (Å²) in [7, 11) is 1.59. The number of anilines is 1. The number of nitrogens with one attached hydrogen (secondary N) is 3. The zero-order valence-electron chi connectivity index (χ0n) is 13.5. The van der Waals surface area contributed by atoms with Crippen LogP contribution in [0.4, 0.5) is 5.69 Å². The fourth-order valence-corrected chi connectivity index (χ4v) is 2.24. The molecule has 25 heavy (non-hydrogen) atoms. The third-order valence-electron chi connectivity index (χ3n) is 3.50. The van der Waals surface area contributed by atoms with Gasteiger partial charge in [-0.1, -0.05) is 12.1 Å². The van der Waals surface area contributed by atoms with E-state index in [0.717, 1.165) is 11.3 Å². The van der Waals surface area contributed by atoms with Crippen LogP contribution in [-0.2, 0) is 4.79 Å². The van der Waals surface area contributed by atoms with Crippen LogP contribution in [0.15, 0.2) is 59.4 Å². The van der Waals surface area contributed by atoms with Crippen molar-refractivity contribution in [2.45, 2.75) is 0 Å². The molecule has 1 amide bonds. The zero-order valence-corrected chi connectivity index (χ0v) is 13.5. The van der Waals surface area contributed by atoms with Crippen molar-refractivity contribution in [3.8, 4) is 22.8 Å². The van der Waals surface area contributed by atoms with Gasteiger partial charge in [0.05, 0.1) is 12.8 Å². The summed E-state index contributed by atoms with van der Waals surface area (Å²) < 4.78 is 10.5. The molecule has 0 fully saturated rings. The zero-order chi connectivity index (χ0) is 17.6. The number of methoxy groups -OCH3 is 1. The highest BCUT2D eigenvalue weighted by atomic mass is 16.5. The molecule has 2 aromatic carbocycles. The predicted octanol–water partition coefficient (Wildman–Crippen LogP) is 2.40. The lowest BCUT2D eigenvalue weighted by molar-refractivity contribution is -0.118. The lowest BCUT2D eigenvalue weighted by atomic mass is 10.1. The average Bonchev–Trinajstić information content (AvgIpc) is 3.07. The molecule has 3 aromatic rings. The summed E-state index contributed by atoms with van der Waals surface area (Å²) in [5, 5.41) is 8.00. The lowest BCUT2D eigenvalue weighted by Crippen LogP contribution is -2.20. The van der Waals surface area contributed by atoms with Crippen molar-refractivity contribution in [3.63, 3.8) is 0 Å². The topological polar surface area (TPSA) is 96.2 Å². The van der Waals surface area contributed by atoms with Crippen molar-refractivity contribution in [2.24, 2.45) is 0 Å². The number of aromatic nitrogens is 2. The van der Waals surface area contributed by atoms with Crippen LogP contribution in [0.2, 0.25) is 0 Å². The van der Waals surface area contributed by atoms with Crippen LogP contribution in [-0.4, -0.2) is 29.8 Å². The van der Waals surface area contributed by atoms with E-state index in [9.17, 15) is 9.59 Å². The third-order valence-corrected chi connectivity index (χ3v) is 3.50. The first-order valence-electron chi connectivity index (χ1n) is 7.59. The van der Waals surface area contributed by atoms with Crippen molar-refractivity contribution in [3.05, 3.63) is 65.0 Å². The van der Waals surface area contributed by atoms with E-state index in [0.29, 0.717) is 17.1 Å². The maximum atomic E-state index is 12.0. The summed E-state index contributed by atoms with van der Waals surface area (Å²) in [6, 6.07) is 15.6. The number of hydrogen-bond donors (Lipinski definition) is 3. The Bertz CT molecular complexity index is 895. The van der Waals surface area contributed by atoms with Crippen LogP contribution < -0.4 is 20.3 Å². The van der Waals surface area contributed by atoms with E-state index < -0.39 is 0 Å². The third kappa shape index (κ3) is 4.29. The lowest BCUT2D eigenvalue weighted by Gasteiger charge is -2.08. The van der Waals surface area contributed by atoms with Gasteiger partial charge in [0.25, 0.3) is 11.5 Å². The summed E-state index contributed by atoms with van der Waals surface area (Å²) in [6.07, 6.45) is 0. The number of H-pyrrole nitrogens is 2. The number of carbonyl (C=O) groups excluding carboxylic acids is 1. The molecule has 0 saturated carbocycles. The molecule has 1 heterocycles. The molecular formula is C18H17N3O4. The van der Waals surface area contributed by atoms with Crippen molar-refractivity contribution in [2.75, 3.05) is 19.0 Å². The van der Waals surface area contributed by atoms with Crippen molar-refractivity contribution in [1.82, 2.24) is 10.2 Å². The number of benzene rings is 2. The monoisotopic (exact) mass is 339 g/mol. The summed E-state index contributed by atoms with van der Waals surface area (Å²) in [5.41, 5.74) is 1.98. The van der Waals surface area contributed by atoms with Gasteiger partial charge in [-0.15, -0.1) is 0 Å². The predicted molar refractivity (Wildman–Crippen MR) is 94.0 cm³/mol. The highest BCUT2D eigenvalue weighted by molar-refractivity contribution is 5.92. The minimum atomic E-state index is -0.265. The first kappa shape index (κ1) is 16.4. The smallest absolute Gasteiger partial charge is 0.264 e. The number of aromatic amines is 2. The Hall–Kier alpha value is -3.48. The second-order valence-electron chi connectivity index (χ2n) is 5.26. The van der Waals surface area contributed by atoms with Gasteiger partial charge in [0.1, 0.15) is 11.5 Å². The van der Waals surface area contributed by atoms with E-state index in [4.69, 9.17) is 9.47 Å². The Morgan fingerprint density at radius 2 is 1.68 bits per heavy atom. The summed E-state index contributed by atoms with van der Waals surface area (Å²) in [6.45, 7) is -0.0980. The molecule has 0 spiro atoms. The minimum Gasteiger partial charge on any atom is -0.497 e. The van der Waals surface area contributed by atoms with Gasteiger partial charge in [-0.05, 0) is 42.0 Å². The van der Waals surface area contributed by atoms with Crippen LogP contribution in [0.1, 0.15) is 0 Å². The second-order valence-corrected chi connectivity index (χ2v) is 5.26. The van der Waals surface area contributed by atoms with Crippen LogP contribution >= 0.6 is 0 Å². The Morgan fingerprint density at radius 1 is 1.00 bits per heavy atom. The number of ether oxygens (including phenoxy) is 2. The van der Waals surface area contributed by atoms with Crippen molar-refractivity contribution >= 4 is 11.6 Å². The molecule has 1 aromatic heterocycles. The van der Waals surface area contributed by atoms with E-state index >= 15 is 0 Å². The normalized spacial score (nSPS) is 10.3. The first-order chi connectivity index (χ1) is 12.1. The molecule has 0 saturated heterocycles. The Kier molecular flexibility index (Phi) is 4.84. The van der Waals surface area contributed by atoms with E-state index in [1.807, 2.05) is 0 Å². The van der Waals surface area contributed by atoms with Crippen LogP contribution in [0.5, 0.6) is 11.5 Å². The van der Waals surface area contributed by atoms with E-state index in [2.05, 4.69) is 15.5 Å². The van der Waals surface area contributed by atoms with Gasteiger partial charge < -0.3 is 14.8 Å². The van der Waals surface area contributed by atoms with Crippen LogP contribution in [0, 0.1) is 0 Å². The molecular weight excluding hydrogens is 322 g/mol. The minimum absolute atomic E-state index is 0.0980. The van der Waals surface area contributed by atoms with Gasteiger partial charge in [-0.2, -0.15) is 0 Å². The second kappa shape index (κ2) is 7.39. The van der Waals surface area contributed by atoms with E-state index in [1.54, 1.807) is 55.6 Å². The van der Waals surface area contributed by atoms with E-state index in [1.165, 1.54) is 6.07 Å². The Balaban J connectivity index is 1.54.